The minimum absolute atomic E-state index is 0.0469. The molecule has 1 heterocycles. The summed E-state index contributed by atoms with van der Waals surface area (Å²) in [7, 11) is 3.65. The number of rotatable bonds is 6. The van der Waals surface area contributed by atoms with Crippen molar-refractivity contribution in [3.8, 4) is 5.75 Å². The molecule has 2 aromatic carbocycles. The van der Waals surface area contributed by atoms with Gasteiger partial charge in [-0.25, -0.2) is 0 Å². The van der Waals surface area contributed by atoms with Crippen LogP contribution in [0.15, 0.2) is 42.0 Å². The van der Waals surface area contributed by atoms with Crippen LogP contribution in [0.2, 0.25) is 0 Å². The average molecular weight is 439 g/mol. The van der Waals surface area contributed by atoms with Gasteiger partial charge in [0.25, 0.3) is 17.4 Å². The molecule has 0 aliphatic carbocycles. The number of carbonyl (C=O) groups is 2. The Labute approximate surface area is 185 Å². The van der Waals surface area contributed by atoms with Crippen molar-refractivity contribution in [2.75, 3.05) is 27.2 Å². The largest absolute Gasteiger partial charge is 0.507 e. The molecule has 0 saturated carbocycles. The fourth-order valence-corrected chi connectivity index (χ4v) is 3.68. The summed E-state index contributed by atoms with van der Waals surface area (Å²) < 4.78 is 0. The number of hydrogen-bond acceptors (Lipinski definition) is 7. The van der Waals surface area contributed by atoms with Crippen LogP contribution in [0.1, 0.15) is 28.3 Å². The second kappa shape index (κ2) is 8.80. The number of aryl methyl sites for hydroxylation is 2. The molecule has 9 nitrogen and oxygen atoms in total. The molecule has 1 amide bonds. The summed E-state index contributed by atoms with van der Waals surface area (Å²) in [5.41, 5.74) is 1.78. The molecule has 2 aromatic rings. The topological polar surface area (TPSA) is 124 Å². The molecule has 0 unspecified atom stereocenters. The quantitative estimate of drug-likeness (QED) is 0.233. The first-order chi connectivity index (χ1) is 15.0. The molecule has 1 aliphatic rings. The van der Waals surface area contributed by atoms with Crippen molar-refractivity contribution >= 4 is 23.1 Å². The maximum atomic E-state index is 13.0. The van der Waals surface area contributed by atoms with Crippen LogP contribution in [-0.4, -0.2) is 63.8 Å². The van der Waals surface area contributed by atoms with Gasteiger partial charge in [0.05, 0.1) is 22.1 Å². The van der Waals surface area contributed by atoms with E-state index in [0.29, 0.717) is 12.1 Å². The molecule has 0 radical (unpaired) electrons. The highest BCUT2D eigenvalue weighted by Crippen LogP contribution is 2.41. The first kappa shape index (κ1) is 23.0. The number of likely N-dealkylation sites (N-methyl/N-ethyl adjacent to an activating group) is 1. The molecule has 1 atom stereocenters. The number of Topliss-reactive ketones (excluding diaryl/α,β-unsaturated/α-hetero) is 1. The molecule has 0 spiro atoms. The van der Waals surface area contributed by atoms with Crippen molar-refractivity contribution in [1.29, 1.82) is 0 Å². The van der Waals surface area contributed by atoms with Crippen molar-refractivity contribution in [2.24, 2.45) is 0 Å². The summed E-state index contributed by atoms with van der Waals surface area (Å²) in [6.07, 6.45) is 0. The van der Waals surface area contributed by atoms with Crippen LogP contribution in [0.25, 0.3) is 5.76 Å². The third-order valence-corrected chi connectivity index (χ3v) is 5.61. The molecule has 0 aromatic heterocycles. The summed E-state index contributed by atoms with van der Waals surface area (Å²) >= 11 is 0. The number of non-ortho nitro benzene ring substituents is 1. The van der Waals surface area contributed by atoms with Gasteiger partial charge >= 0.3 is 0 Å². The van der Waals surface area contributed by atoms with Gasteiger partial charge in [-0.3, -0.25) is 19.7 Å². The molecule has 1 aliphatic heterocycles. The number of nitrogens with zero attached hydrogens (tertiary/aromatic N) is 3. The van der Waals surface area contributed by atoms with Crippen molar-refractivity contribution < 1.29 is 24.7 Å². The number of carbonyl (C=O) groups excluding carboxylic acids is 2. The molecular formula is C23H25N3O6. The summed E-state index contributed by atoms with van der Waals surface area (Å²) in [5.74, 6) is -2.35. The molecular weight excluding hydrogens is 414 g/mol. The Morgan fingerprint density at radius 2 is 1.72 bits per heavy atom. The SMILES string of the molecule is Cc1cc(O)c(C(O)=C2C(=O)C(=O)N(CCN(C)C)[C@@H]2c2ccc([N+](=O)[O-])cc2)cc1C. The number of benzene rings is 2. The van der Waals surface area contributed by atoms with E-state index in [1.165, 1.54) is 35.2 Å². The Kier molecular flexibility index (Phi) is 6.31. The highest BCUT2D eigenvalue weighted by Gasteiger charge is 2.46. The number of aliphatic hydroxyl groups excluding tert-OH is 1. The number of aliphatic hydroxyl groups is 1. The van der Waals surface area contributed by atoms with E-state index >= 15 is 0 Å². The van der Waals surface area contributed by atoms with Gasteiger partial charge in [-0.1, -0.05) is 0 Å². The lowest BCUT2D eigenvalue weighted by atomic mass is 9.93. The van der Waals surface area contributed by atoms with E-state index in [0.717, 1.165) is 11.1 Å². The number of hydrogen-bond donors (Lipinski definition) is 2. The third-order valence-electron chi connectivity index (χ3n) is 5.61. The minimum Gasteiger partial charge on any atom is -0.507 e. The fraction of sp³-hybridized carbons (Fsp3) is 0.304. The molecule has 0 bridgehead atoms. The highest BCUT2D eigenvalue weighted by molar-refractivity contribution is 6.46. The molecule has 9 heteroatoms. The number of phenolic OH excluding ortho intramolecular Hbond substituents is 1. The smallest absolute Gasteiger partial charge is 0.295 e. The van der Waals surface area contributed by atoms with Gasteiger partial charge in [0.2, 0.25) is 0 Å². The van der Waals surface area contributed by atoms with Gasteiger partial charge in [-0.2, -0.15) is 0 Å². The van der Waals surface area contributed by atoms with Crippen LogP contribution in [0.4, 0.5) is 5.69 Å². The van der Waals surface area contributed by atoms with Crippen LogP contribution >= 0.6 is 0 Å². The van der Waals surface area contributed by atoms with E-state index in [1.54, 1.807) is 19.9 Å². The Morgan fingerprint density at radius 3 is 2.28 bits per heavy atom. The van der Waals surface area contributed by atoms with Crippen molar-refractivity contribution in [2.45, 2.75) is 19.9 Å². The summed E-state index contributed by atoms with van der Waals surface area (Å²) in [6, 6.07) is 7.59. The second-order valence-electron chi connectivity index (χ2n) is 8.10. The van der Waals surface area contributed by atoms with E-state index in [9.17, 15) is 29.9 Å². The summed E-state index contributed by atoms with van der Waals surface area (Å²) in [6.45, 7) is 4.27. The van der Waals surface area contributed by atoms with Gasteiger partial charge in [0.15, 0.2) is 0 Å². The number of amides is 1. The van der Waals surface area contributed by atoms with E-state index in [4.69, 9.17) is 0 Å². The lowest BCUT2D eigenvalue weighted by Crippen LogP contribution is -2.35. The predicted octanol–water partition coefficient (Wildman–Crippen LogP) is 2.90. The van der Waals surface area contributed by atoms with Gasteiger partial charge < -0.3 is 20.0 Å². The molecule has 1 fully saturated rings. The lowest BCUT2D eigenvalue weighted by molar-refractivity contribution is -0.384. The van der Waals surface area contributed by atoms with Gasteiger partial charge in [0, 0.05) is 25.2 Å². The van der Waals surface area contributed by atoms with Gasteiger partial charge in [-0.05, 0) is 68.9 Å². The Morgan fingerprint density at radius 1 is 1.12 bits per heavy atom. The molecule has 3 rings (SSSR count). The summed E-state index contributed by atoms with van der Waals surface area (Å²) in [4.78, 5) is 39.5. The van der Waals surface area contributed by atoms with E-state index < -0.39 is 28.4 Å². The number of phenols is 1. The molecule has 2 N–H and O–H groups in total. The zero-order chi connectivity index (χ0) is 23.7. The zero-order valence-corrected chi connectivity index (χ0v) is 18.3. The van der Waals surface area contributed by atoms with Crippen LogP contribution < -0.4 is 0 Å². The Balaban J connectivity index is 2.20. The van der Waals surface area contributed by atoms with E-state index in [2.05, 4.69) is 0 Å². The third kappa shape index (κ3) is 4.19. The van der Waals surface area contributed by atoms with Crippen molar-refractivity contribution in [3.63, 3.8) is 0 Å². The van der Waals surface area contributed by atoms with Crippen molar-refractivity contribution in [3.05, 3.63) is 74.3 Å². The standard InChI is InChI=1S/C23H25N3O6/c1-13-11-17(18(27)12-14(13)2)21(28)19-20(15-5-7-16(8-6-15)26(31)32)25(10-9-24(3)4)23(30)22(19)29/h5-8,11-12,20,27-28H,9-10H2,1-4H3/t20-/m1/s1. The van der Waals surface area contributed by atoms with Crippen LogP contribution in [0.5, 0.6) is 5.75 Å². The van der Waals surface area contributed by atoms with Gasteiger partial charge in [0.1, 0.15) is 11.5 Å². The molecule has 168 valence electrons. The lowest BCUT2D eigenvalue weighted by Gasteiger charge is -2.26. The molecule has 32 heavy (non-hydrogen) atoms. The van der Waals surface area contributed by atoms with E-state index in [-0.39, 0.29) is 29.1 Å². The predicted molar refractivity (Wildman–Crippen MR) is 118 cm³/mol. The fourth-order valence-electron chi connectivity index (χ4n) is 3.68. The number of likely N-dealkylation sites (tertiary alicyclic amines) is 1. The summed E-state index contributed by atoms with van der Waals surface area (Å²) in [5, 5.41) is 32.5. The number of nitro groups is 1. The van der Waals surface area contributed by atoms with E-state index in [1.807, 2.05) is 19.0 Å². The van der Waals surface area contributed by atoms with Crippen LogP contribution in [0, 0.1) is 24.0 Å². The second-order valence-corrected chi connectivity index (χ2v) is 8.10. The Hall–Kier alpha value is -3.72. The van der Waals surface area contributed by atoms with Crippen LogP contribution in [0.3, 0.4) is 0 Å². The number of aromatic hydroxyl groups is 1. The molecule has 1 saturated heterocycles. The van der Waals surface area contributed by atoms with Crippen molar-refractivity contribution in [1.82, 2.24) is 9.80 Å². The zero-order valence-electron chi connectivity index (χ0n) is 18.3. The first-order valence-electron chi connectivity index (χ1n) is 10.0. The first-order valence-corrected chi connectivity index (χ1v) is 10.0. The maximum absolute atomic E-state index is 13.0. The monoisotopic (exact) mass is 439 g/mol. The average Bonchev–Trinajstić information content (AvgIpc) is 2.99. The maximum Gasteiger partial charge on any atom is 0.295 e. The number of nitro benzene ring substituents is 1. The van der Waals surface area contributed by atoms with Crippen LogP contribution in [-0.2, 0) is 9.59 Å². The van der Waals surface area contributed by atoms with Gasteiger partial charge in [-0.15, -0.1) is 0 Å². The number of ketones is 1. The Bertz CT molecular complexity index is 1120. The highest BCUT2D eigenvalue weighted by atomic mass is 16.6. The normalized spacial score (nSPS) is 17.9. The minimum atomic E-state index is -0.947.